The van der Waals surface area contributed by atoms with Gasteiger partial charge in [-0.1, -0.05) is 29.8 Å². The van der Waals surface area contributed by atoms with E-state index in [-0.39, 0.29) is 11.9 Å². The van der Waals surface area contributed by atoms with Crippen LogP contribution in [0, 0.1) is 5.82 Å². The summed E-state index contributed by atoms with van der Waals surface area (Å²) in [6, 6.07) is 4.77. The molecule has 0 saturated carbocycles. The standard InChI is InChI=1S/C13H21BrFN3/c1-3-18(4-2)8-7-13(17-16)11-9-10(14)5-6-12(11)15/h5-6,9,13,17H,3-4,7-8,16H2,1-2H3. The van der Waals surface area contributed by atoms with Gasteiger partial charge in [-0.3, -0.25) is 11.3 Å². The first kappa shape index (κ1) is 15.6. The number of hydrogen-bond donors (Lipinski definition) is 2. The molecule has 0 saturated heterocycles. The van der Waals surface area contributed by atoms with E-state index in [1.807, 2.05) is 0 Å². The van der Waals surface area contributed by atoms with Gasteiger partial charge in [0.05, 0.1) is 6.04 Å². The lowest BCUT2D eigenvalue weighted by Gasteiger charge is -2.23. The third-order valence-electron chi connectivity index (χ3n) is 3.16. The molecule has 0 radical (unpaired) electrons. The van der Waals surface area contributed by atoms with Crippen LogP contribution >= 0.6 is 15.9 Å². The molecule has 1 atom stereocenters. The van der Waals surface area contributed by atoms with Crippen molar-refractivity contribution in [2.45, 2.75) is 26.3 Å². The van der Waals surface area contributed by atoms with Crippen molar-refractivity contribution in [1.82, 2.24) is 10.3 Å². The van der Waals surface area contributed by atoms with Gasteiger partial charge in [-0.15, -0.1) is 0 Å². The molecule has 1 unspecified atom stereocenters. The number of hydrazine groups is 1. The van der Waals surface area contributed by atoms with Crippen molar-refractivity contribution in [3.63, 3.8) is 0 Å². The van der Waals surface area contributed by atoms with Crippen LogP contribution in [-0.4, -0.2) is 24.5 Å². The number of nitrogens with zero attached hydrogens (tertiary/aromatic N) is 1. The van der Waals surface area contributed by atoms with Gasteiger partial charge in [-0.25, -0.2) is 4.39 Å². The first-order valence-electron chi connectivity index (χ1n) is 6.25. The Bertz CT molecular complexity index is 369. The normalized spacial score (nSPS) is 13.0. The lowest BCUT2D eigenvalue weighted by molar-refractivity contribution is 0.281. The largest absolute Gasteiger partial charge is 0.304 e. The fraction of sp³-hybridized carbons (Fsp3) is 0.538. The average Bonchev–Trinajstić information content (AvgIpc) is 2.38. The van der Waals surface area contributed by atoms with Gasteiger partial charge in [0.15, 0.2) is 0 Å². The monoisotopic (exact) mass is 317 g/mol. The Hall–Kier alpha value is -0.490. The Balaban J connectivity index is 2.73. The number of nitrogens with one attached hydrogen (secondary N) is 1. The molecule has 0 heterocycles. The summed E-state index contributed by atoms with van der Waals surface area (Å²) < 4.78 is 14.6. The summed E-state index contributed by atoms with van der Waals surface area (Å²) in [7, 11) is 0. The molecule has 5 heteroatoms. The van der Waals surface area contributed by atoms with E-state index < -0.39 is 0 Å². The topological polar surface area (TPSA) is 41.3 Å². The molecule has 1 rings (SSSR count). The minimum Gasteiger partial charge on any atom is -0.304 e. The van der Waals surface area contributed by atoms with E-state index in [1.54, 1.807) is 12.1 Å². The minimum absolute atomic E-state index is 0.164. The highest BCUT2D eigenvalue weighted by Crippen LogP contribution is 2.23. The summed E-state index contributed by atoms with van der Waals surface area (Å²) in [6.45, 7) is 7.12. The Kier molecular flexibility index (Phi) is 6.78. The molecule has 102 valence electrons. The molecule has 1 aromatic rings. The summed E-state index contributed by atoms with van der Waals surface area (Å²) in [6.07, 6.45) is 0.783. The molecular weight excluding hydrogens is 297 g/mol. The van der Waals surface area contributed by atoms with Crippen LogP contribution in [0.5, 0.6) is 0 Å². The molecular formula is C13H21BrFN3. The zero-order valence-corrected chi connectivity index (χ0v) is 12.5. The van der Waals surface area contributed by atoms with E-state index in [0.717, 1.165) is 30.5 Å². The molecule has 0 aliphatic carbocycles. The van der Waals surface area contributed by atoms with Gasteiger partial charge in [0.1, 0.15) is 5.82 Å². The van der Waals surface area contributed by atoms with Crippen LogP contribution in [0.3, 0.4) is 0 Å². The highest BCUT2D eigenvalue weighted by Gasteiger charge is 2.15. The summed E-state index contributed by atoms with van der Waals surface area (Å²) in [5, 5.41) is 0. The molecule has 0 spiro atoms. The Morgan fingerprint density at radius 3 is 2.61 bits per heavy atom. The van der Waals surface area contributed by atoms with E-state index in [2.05, 4.69) is 40.1 Å². The molecule has 0 amide bonds. The molecule has 0 aliphatic heterocycles. The van der Waals surface area contributed by atoms with Crippen LogP contribution in [0.15, 0.2) is 22.7 Å². The second-order valence-electron chi connectivity index (χ2n) is 4.20. The Morgan fingerprint density at radius 1 is 1.39 bits per heavy atom. The fourth-order valence-electron chi connectivity index (χ4n) is 1.96. The number of nitrogens with two attached hydrogens (primary N) is 1. The Morgan fingerprint density at radius 2 is 2.06 bits per heavy atom. The van der Waals surface area contributed by atoms with Crippen molar-refractivity contribution in [3.8, 4) is 0 Å². The molecule has 3 N–H and O–H groups in total. The van der Waals surface area contributed by atoms with Crippen LogP contribution in [-0.2, 0) is 0 Å². The van der Waals surface area contributed by atoms with E-state index >= 15 is 0 Å². The maximum absolute atomic E-state index is 13.8. The van der Waals surface area contributed by atoms with Crippen LogP contribution in [0.2, 0.25) is 0 Å². The molecule has 0 aliphatic rings. The predicted octanol–water partition coefficient (Wildman–Crippen LogP) is 2.82. The number of halogens is 2. The van der Waals surface area contributed by atoms with E-state index in [1.165, 1.54) is 6.07 Å². The number of rotatable bonds is 7. The molecule has 1 aromatic carbocycles. The highest BCUT2D eigenvalue weighted by molar-refractivity contribution is 9.10. The van der Waals surface area contributed by atoms with Gasteiger partial charge >= 0.3 is 0 Å². The number of hydrogen-bond acceptors (Lipinski definition) is 3. The van der Waals surface area contributed by atoms with Crippen LogP contribution in [0.1, 0.15) is 31.9 Å². The van der Waals surface area contributed by atoms with Crippen LogP contribution in [0.25, 0.3) is 0 Å². The molecule has 18 heavy (non-hydrogen) atoms. The molecule has 0 aromatic heterocycles. The highest BCUT2D eigenvalue weighted by atomic mass is 79.9. The molecule has 0 fully saturated rings. The second-order valence-corrected chi connectivity index (χ2v) is 5.12. The third kappa shape index (κ3) is 4.31. The zero-order valence-electron chi connectivity index (χ0n) is 10.9. The minimum atomic E-state index is -0.222. The van der Waals surface area contributed by atoms with Crippen molar-refractivity contribution in [2.24, 2.45) is 5.84 Å². The van der Waals surface area contributed by atoms with Crippen LogP contribution < -0.4 is 11.3 Å². The van der Waals surface area contributed by atoms with E-state index in [4.69, 9.17) is 5.84 Å². The first-order valence-corrected chi connectivity index (χ1v) is 7.05. The zero-order chi connectivity index (χ0) is 13.5. The summed E-state index contributed by atoms with van der Waals surface area (Å²) in [4.78, 5) is 2.29. The van der Waals surface area contributed by atoms with Gasteiger partial charge < -0.3 is 4.90 Å². The predicted molar refractivity (Wildman–Crippen MR) is 76.6 cm³/mol. The number of benzene rings is 1. The van der Waals surface area contributed by atoms with Gasteiger partial charge in [0.25, 0.3) is 0 Å². The lowest BCUT2D eigenvalue weighted by atomic mass is 10.0. The van der Waals surface area contributed by atoms with Crippen molar-refractivity contribution < 1.29 is 4.39 Å². The first-order chi connectivity index (χ1) is 8.62. The maximum Gasteiger partial charge on any atom is 0.128 e. The van der Waals surface area contributed by atoms with E-state index in [0.29, 0.717) is 5.56 Å². The smallest absolute Gasteiger partial charge is 0.128 e. The quantitative estimate of drug-likeness (QED) is 0.600. The molecule has 0 bridgehead atoms. The maximum atomic E-state index is 13.8. The van der Waals surface area contributed by atoms with Crippen molar-refractivity contribution in [3.05, 3.63) is 34.1 Å². The van der Waals surface area contributed by atoms with Crippen LogP contribution in [0.4, 0.5) is 4.39 Å². The van der Waals surface area contributed by atoms with Gasteiger partial charge in [0.2, 0.25) is 0 Å². The van der Waals surface area contributed by atoms with Gasteiger partial charge in [-0.2, -0.15) is 0 Å². The molecule has 3 nitrogen and oxygen atoms in total. The van der Waals surface area contributed by atoms with Crippen molar-refractivity contribution >= 4 is 15.9 Å². The lowest BCUT2D eigenvalue weighted by Crippen LogP contribution is -2.33. The van der Waals surface area contributed by atoms with E-state index in [9.17, 15) is 4.39 Å². The Labute approximate surface area is 117 Å². The van der Waals surface area contributed by atoms with Gasteiger partial charge in [-0.05, 0) is 44.3 Å². The fourth-order valence-corrected chi connectivity index (χ4v) is 2.34. The van der Waals surface area contributed by atoms with Crippen molar-refractivity contribution in [2.75, 3.05) is 19.6 Å². The van der Waals surface area contributed by atoms with Gasteiger partial charge in [0, 0.05) is 10.0 Å². The second kappa shape index (κ2) is 7.84. The third-order valence-corrected chi connectivity index (χ3v) is 3.66. The van der Waals surface area contributed by atoms with Crippen molar-refractivity contribution in [1.29, 1.82) is 0 Å². The summed E-state index contributed by atoms with van der Waals surface area (Å²) >= 11 is 3.36. The average molecular weight is 318 g/mol. The summed E-state index contributed by atoms with van der Waals surface area (Å²) in [5.74, 6) is 5.32. The summed E-state index contributed by atoms with van der Waals surface area (Å²) in [5.41, 5.74) is 3.31. The SMILES string of the molecule is CCN(CC)CCC(NN)c1cc(Br)ccc1F.